The minimum absolute atomic E-state index is 0.339. The lowest BCUT2D eigenvalue weighted by Gasteiger charge is -2.16. The van der Waals surface area contributed by atoms with Gasteiger partial charge in [-0.15, -0.1) is 0 Å². The van der Waals surface area contributed by atoms with Crippen molar-refractivity contribution in [3.63, 3.8) is 0 Å². The summed E-state index contributed by atoms with van der Waals surface area (Å²) >= 11 is 0. The summed E-state index contributed by atoms with van der Waals surface area (Å²) in [4.78, 5) is 54.4. The highest BCUT2D eigenvalue weighted by atomic mass is 16.4. The summed E-state index contributed by atoms with van der Waals surface area (Å²) in [6, 6.07) is -2.93. The van der Waals surface area contributed by atoms with Gasteiger partial charge in [0.2, 0.25) is 11.8 Å². The third-order valence-electron chi connectivity index (χ3n) is 2.35. The molecule has 0 aliphatic carbocycles. The molecule has 0 aromatic carbocycles. The highest BCUT2D eigenvalue weighted by Crippen LogP contribution is 2.00. The number of amides is 2. The number of hydrogen-bond donors (Lipinski definition) is 5. The smallest absolute Gasteiger partial charge is 0.326 e. The lowest BCUT2D eigenvalue weighted by atomic mass is 10.1. The quantitative estimate of drug-likeness (QED) is 0.339. The van der Waals surface area contributed by atoms with Gasteiger partial charge in [0.05, 0.1) is 6.42 Å². The Morgan fingerprint density at radius 3 is 1.81 bits per heavy atom. The molecule has 2 amide bonds. The van der Waals surface area contributed by atoms with Crippen molar-refractivity contribution in [1.82, 2.24) is 10.6 Å². The van der Waals surface area contributed by atoms with Crippen LogP contribution in [0.1, 0.15) is 26.2 Å². The average molecular weight is 304 g/mol. The molecule has 0 aromatic rings. The number of nitrogens with one attached hydrogen (secondary N) is 2. The maximum absolute atomic E-state index is 11.6. The normalized spacial score (nSPS) is 12.8. The Kier molecular flexibility index (Phi) is 7.43. The van der Waals surface area contributed by atoms with Gasteiger partial charge in [-0.2, -0.15) is 0 Å². The van der Waals surface area contributed by atoms with Crippen LogP contribution in [0.3, 0.4) is 0 Å². The maximum Gasteiger partial charge on any atom is 0.326 e. The summed E-state index contributed by atoms with van der Waals surface area (Å²) in [7, 11) is 0. The summed E-state index contributed by atoms with van der Waals surface area (Å²) in [5, 5.41) is 30.1. The molecule has 0 saturated carbocycles. The second kappa shape index (κ2) is 8.51. The number of aliphatic carboxylic acids is 3. The molecule has 2 atom stereocenters. The summed E-state index contributed by atoms with van der Waals surface area (Å²) in [5.41, 5.74) is 0. The third-order valence-corrected chi connectivity index (χ3v) is 2.35. The van der Waals surface area contributed by atoms with Crippen LogP contribution in [-0.4, -0.2) is 57.1 Å². The third kappa shape index (κ3) is 8.18. The van der Waals surface area contributed by atoms with Gasteiger partial charge in [-0.1, -0.05) is 0 Å². The molecule has 0 fully saturated rings. The molecule has 0 radical (unpaired) electrons. The summed E-state index contributed by atoms with van der Waals surface area (Å²) in [6.07, 6.45) is -1.47. The molecule has 10 nitrogen and oxygen atoms in total. The fourth-order valence-electron chi connectivity index (χ4n) is 1.41. The van der Waals surface area contributed by atoms with Crippen molar-refractivity contribution in [2.24, 2.45) is 0 Å². The monoisotopic (exact) mass is 304 g/mol. The zero-order valence-electron chi connectivity index (χ0n) is 11.2. The van der Waals surface area contributed by atoms with E-state index in [2.05, 4.69) is 0 Å². The van der Waals surface area contributed by atoms with Crippen LogP contribution in [0.5, 0.6) is 0 Å². The molecule has 10 heteroatoms. The van der Waals surface area contributed by atoms with E-state index in [-0.39, 0.29) is 6.42 Å². The van der Waals surface area contributed by atoms with E-state index in [4.69, 9.17) is 15.3 Å². The molecule has 21 heavy (non-hydrogen) atoms. The minimum atomic E-state index is -1.49. The Bertz CT molecular complexity index is 448. The molecule has 0 unspecified atom stereocenters. The van der Waals surface area contributed by atoms with Crippen LogP contribution in [0.4, 0.5) is 0 Å². The van der Waals surface area contributed by atoms with Crippen LogP contribution in [-0.2, 0) is 24.0 Å². The van der Waals surface area contributed by atoms with Crippen molar-refractivity contribution in [2.45, 2.75) is 38.3 Å². The van der Waals surface area contributed by atoms with Crippen molar-refractivity contribution < 1.29 is 39.3 Å². The van der Waals surface area contributed by atoms with E-state index in [1.807, 2.05) is 10.6 Å². The molecule has 0 saturated heterocycles. The van der Waals surface area contributed by atoms with Crippen molar-refractivity contribution >= 4 is 29.7 Å². The molecule has 0 spiro atoms. The van der Waals surface area contributed by atoms with Gasteiger partial charge in [0.25, 0.3) is 0 Å². The summed E-state index contributed by atoms with van der Waals surface area (Å²) in [5.74, 6) is -5.68. The number of rotatable bonds is 9. The van der Waals surface area contributed by atoms with E-state index in [0.29, 0.717) is 0 Å². The number of carboxylic acid groups (broad SMARTS) is 3. The van der Waals surface area contributed by atoms with Gasteiger partial charge in [-0.3, -0.25) is 14.4 Å². The SMILES string of the molecule is CC(=O)N[C@@H](CC(=O)N[C@@H](CCC(=O)O)C(=O)O)C(=O)O. The second-order valence-electron chi connectivity index (χ2n) is 4.19. The van der Waals surface area contributed by atoms with Crippen LogP contribution in [0.25, 0.3) is 0 Å². The number of carbonyl (C=O) groups excluding carboxylic acids is 2. The number of carbonyl (C=O) groups is 5. The molecule has 5 N–H and O–H groups in total. The lowest BCUT2D eigenvalue weighted by Crippen LogP contribution is -2.47. The standard InChI is InChI=1S/C11H16N2O8/c1-5(14)12-7(11(20)21)4-8(15)13-6(10(18)19)2-3-9(16)17/h6-7H,2-4H2,1H3,(H,12,14)(H,13,15)(H,16,17)(H,18,19)(H,20,21)/t6-,7-/m0/s1. The fraction of sp³-hybridized carbons (Fsp3) is 0.545. The Balaban J connectivity index is 4.60. The largest absolute Gasteiger partial charge is 0.481 e. The van der Waals surface area contributed by atoms with E-state index in [1.54, 1.807) is 0 Å². The van der Waals surface area contributed by atoms with Crippen molar-refractivity contribution in [3.8, 4) is 0 Å². The van der Waals surface area contributed by atoms with Gasteiger partial charge in [-0.25, -0.2) is 9.59 Å². The molecule has 0 aromatic heterocycles. The first-order valence-corrected chi connectivity index (χ1v) is 5.87. The highest BCUT2D eigenvalue weighted by molar-refractivity contribution is 5.90. The molecule has 0 heterocycles. The topological polar surface area (TPSA) is 170 Å². The summed E-state index contributed by atoms with van der Waals surface area (Å²) < 4.78 is 0. The van der Waals surface area contributed by atoms with Gasteiger partial charge >= 0.3 is 17.9 Å². The Morgan fingerprint density at radius 1 is 0.905 bits per heavy atom. The van der Waals surface area contributed by atoms with Crippen LogP contribution < -0.4 is 10.6 Å². The molecule has 118 valence electrons. The molecular formula is C11H16N2O8. The van der Waals surface area contributed by atoms with E-state index >= 15 is 0 Å². The Labute approximate surface area is 119 Å². The predicted octanol–water partition coefficient (Wildman–Crippen LogP) is -1.60. The molecule has 0 rings (SSSR count). The summed E-state index contributed by atoms with van der Waals surface area (Å²) in [6.45, 7) is 1.07. The number of carboxylic acids is 3. The first kappa shape index (κ1) is 18.4. The molecule has 0 aliphatic heterocycles. The van der Waals surface area contributed by atoms with Crippen molar-refractivity contribution in [1.29, 1.82) is 0 Å². The van der Waals surface area contributed by atoms with E-state index in [0.717, 1.165) is 6.92 Å². The van der Waals surface area contributed by atoms with Gasteiger partial charge in [-0.05, 0) is 6.42 Å². The minimum Gasteiger partial charge on any atom is -0.481 e. The second-order valence-corrected chi connectivity index (χ2v) is 4.19. The van der Waals surface area contributed by atoms with Crippen LogP contribution in [0.2, 0.25) is 0 Å². The zero-order chi connectivity index (χ0) is 16.6. The maximum atomic E-state index is 11.6. The Hall–Kier alpha value is -2.65. The van der Waals surface area contributed by atoms with E-state index < -0.39 is 54.6 Å². The van der Waals surface area contributed by atoms with Crippen LogP contribution >= 0.6 is 0 Å². The first-order chi connectivity index (χ1) is 9.63. The van der Waals surface area contributed by atoms with E-state index in [1.165, 1.54) is 0 Å². The molecular weight excluding hydrogens is 288 g/mol. The predicted molar refractivity (Wildman–Crippen MR) is 66.3 cm³/mol. The van der Waals surface area contributed by atoms with Crippen LogP contribution in [0, 0.1) is 0 Å². The van der Waals surface area contributed by atoms with Gasteiger partial charge in [0.1, 0.15) is 12.1 Å². The zero-order valence-corrected chi connectivity index (χ0v) is 11.2. The van der Waals surface area contributed by atoms with Gasteiger partial charge in [0.15, 0.2) is 0 Å². The first-order valence-electron chi connectivity index (χ1n) is 5.87. The van der Waals surface area contributed by atoms with Crippen molar-refractivity contribution in [3.05, 3.63) is 0 Å². The number of hydrogen-bond acceptors (Lipinski definition) is 5. The molecule has 0 bridgehead atoms. The highest BCUT2D eigenvalue weighted by Gasteiger charge is 2.26. The molecule has 0 aliphatic rings. The Morgan fingerprint density at radius 2 is 1.43 bits per heavy atom. The van der Waals surface area contributed by atoms with Crippen molar-refractivity contribution in [2.75, 3.05) is 0 Å². The van der Waals surface area contributed by atoms with E-state index in [9.17, 15) is 24.0 Å². The lowest BCUT2D eigenvalue weighted by molar-refractivity contribution is -0.144. The van der Waals surface area contributed by atoms with Gasteiger partial charge in [0, 0.05) is 13.3 Å². The van der Waals surface area contributed by atoms with Gasteiger partial charge < -0.3 is 26.0 Å². The average Bonchev–Trinajstić information content (AvgIpc) is 2.32. The fourth-order valence-corrected chi connectivity index (χ4v) is 1.41. The van der Waals surface area contributed by atoms with Crippen LogP contribution in [0.15, 0.2) is 0 Å².